The van der Waals surface area contributed by atoms with Crippen LogP contribution in [0.15, 0.2) is 0 Å². The lowest BCUT2D eigenvalue weighted by molar-refractivity contribution is -0.136. The molecule has 0 heterocycles. The van der Waals surface area contributed by atoms with Gasteiger partial charge in [-0.1, -0.05) is 15.9 Å². The van der Waals surface area contributed by atoms with Gasteiger partial charge in [0.15, 0.2) is 0 Å². The second-order valence-electron chi connectivity index (χ2n) is 8.94. The highest BCUT2D eigenvalue weighted by Crippen LogP contribution is 2.29. The van der Waals surface area contributed by atoms with Gasteiger partial charge >= 0.3 is 5.97 Å². The van der Waals surface area contributed by atoms with Crippen LogP contribution in [-0.2, 0) is 52.2 Å². The highest BCUT2D eigenvalue weighted by atomic mass is 79.9. The van der Waals surface area contributed by atoms with Crippen molar-refractivity contribution in [2.24, 2.45) is 0 Å². The summed E-state index contributed by atoms with van der Waals surface area (Å²) >= 11 is 3.28. The molecule has 0 atom stereocenters. The lowest BCUT2D eigenvalue weighted by Gasteiger charge is -2.09. The lowest BCUT2D eigenvalue weighted by atomic mass is 10.2. The fourth-order valence-corrected chi connectivity index (χ4v) is 3.36. The molecular weight excluding hydrogens is 715 g/mol. The largest absolute Gasteiger partial charge is 0.420 e. The van der Waals surface area contributed by atoms with Gasteiger partial charge in [0.2, 0.25) is 34.8 Å². The van der Waals surface area contributed by atoms with E-state index in [0.717, 1.165) is 5.33 Å². The van der Waals surface area contributed by atoms with Crippen LogP contribution in [0.1, 0.15) is 6.42 Å². The van der Waals surface area contributed by atoms with E-state index in [-0.39, 0.29) is 26.4 Å². The first-order chi connectivity index (χ1) is 22.9. The van der Waals surface area contributed by atoms with Crippen molar-refractivity contribution in [1.29, 1.82) is 0 Å². The fraction of sp³-hybridized carbons (Fsp3) is 0.759. The molecule has 0 fully saturated rings. The molecule has 0 radical (unpaired) electrons. The van der Waals surface area contributed by atoms with Crippen molar-refractivity contribution in [1.82, 2.24) is 0 Å². The van der Waals surface area contributed by atoms with Crippen molar-refractivity contribution < 1.29 is 78.9 Å². The summed E-state index contributed by atoms with van der Waals surface area (Å²) in [5, 5.41) is 0.813. The van der Waals surface area contributed by atoms with Crippen molar-refractivity contribution in [3.05, 3.63) is 29.1 Å². The van der Waals surface area contributed by atoms with Crippen LogP contribution in [0.2, 0.25) is 0 Å². The third kappa shape index (κ3) is 22.6. The molecule has 0 aliphatic heterocycles. The van der Waals surface area contributed by atoms with Crippen molar-refractivity contribution in [3.8, 4) is 5.75 Å². The van der Waals surface area contributed by atoms with E-state index in [1.165, 1.54) is 0 Å². The molecule has 0 unspecified atom stereocenters. The average Bonchev–Trinajstić information content (AvgIpc) is 3.07. The molecular formula is C29H44BrF5O12. The SMILES string of the molecule is O=C(CCOCCOCCOCCOCCOCCOCCOCCOCCOCCOCCBr)Oc1c(F)c(F)c(F)c(F)c1F. The molecule has 12 nitrogen and oxygen atoms in total. The highest BCUT2D eigenvalue weighted by Gasteiger charge is 2.28. The second kappa shape index (κ2) is 30.5. The predicted molar refractivity (Wildman–Crippen MR) is 158 cm³/mol. The Labute approximate surface area is 279 Å². The summed E-state index contributed by atoms with van der Waals surface area (Å²) in [7, 11) is 0. The third-order valence-electron chi connectivity index (χ3n) is 5.41. The highest BCUT2D eigenvalue weighted by molar-refractivity contribution is 9.09. The van der Waals surface area contributed by atoms with Crippen molar-refractivity contribution in [3.63, 3.8) is 0 Å². The van der Waals surface area contributed by atoms with E-state index in [2.05, 4.69) is 20.7 Å². The summed E-state index contributed by atoms with van der Waals surface area (Å²) in [6.45, 7) is 7.79. The van der Waals surface area contributed by atoms with E-state index in [9.17, 15) is 26.7 Å². The minimum atomic E-state index is -2.35. The Morgan fingerprint density at radius 3 is 0.894 bits per heavy atom. The Balaban J connectivity index is 1.76. The molecule has 1 aromatic carbocycles. The number of carbonyl (C=O) groups excluding carboxylic acids is 1. The smallest absolute Gasteiger partial charge is 0.313 e. The molecule has 0 aliphatic rings. The van der Waals surface area contributed by atoms with Gasteiger partial charge in [0.05, 0.1) is 139 Å². The van der Waals surface area contributed by atoms with Crippen LogP contribution < -0.4 is 4.74 Å². The zero-order chi connectivity index (χ0) is 34.4. The molecule has 1 rings (SSSR count). The Bertz CT molecular complexity index is 909. The van der Waals surface area contributed by atoms with Gasteiger partial charge in [-0.2, -0.15) is 8.78 Å². The van der Waals surface area contributed by atoms with E-state index in [1.54, 1.807) is 0 Å². The summed E-state index contributed by atoms with van der Waals surface area (Å²) < 4.78 is 124. The van der Waals surface area contributed by atoms with E-state index >= 15 is 0 Å². The van der Waals surface area contributed by atoms with Crippen LogP contribution in [0.4, 0.5) is 22.0 Å². The van der Waals surface area contributed by atoms with Gasteiger partial charge in [-0.3, -0.25) is 4.79 Å². The van der Waals surface area contributed by atoms with Gasteiger partial charge in [0.25, 0.3) is 0 Å². The Morgan fingerprint density at radius 2 is 0.617 bits per heavy atom. The number of hydrogen-bond donors (Lipinski definition) is 0. The van der Waals surface area contributed by atoms with Crippen molar-refractivity contribution in [2.45, 2.75) is 6.42 Å². The molecule has 274 valence electrons. The van der Waals surface area contributed by atoms with Crippen LogP contribution >= 0.6 is 15.9 Å². The molecule has 18 heteroatoms. The molecule has 0 amide bonds. The predicted octanol–water partition coefficient (Wildman–Crippen LogP) is 3.24. The van der Waals surface area contributed by atoms with Crippen LogP contribution in [0.3, 0.4) is 0 Å². The molecule has 0 saturated heterocycles. The number of benzene rings is 1. The van der Waals surface area contributed by atoms with E-state index in [1.807, 2.05) is 0 Å². The van der Waals surface area contributed by atoms with Crippen LogP contribution in [0, 0.1) is 29.1 Å². The van der Waals surface area contributed by atoms with E-state index < -0.39 is 47.2 Å². The van der Waals surface area contributed by atoms with E-state index in [0.29, 0.717) is 106 Å². The summed E-state index contributed by atoms with van der Waals surface area (Å²) in [6.07, 6.45) is -0.485. The summed E-state index contributed by atoms with van der Waals surface area (Å²) in [4.78, 5) is 11.6. The monoisotopic (exact) mass is 758 g/mol. The summed E-state index contributed by atoms with van der Waals surface area (Å²) in [5.74, 6) is -14.1. The van der Waals surface area contributed by atoms with Crippen molar-refractivity contribution >= 4 is 21.9 Å². The Morgan fingerprint density at radius 1 is 0.383 bits per heavy atom. The molecule has 0 N–H and O–H groups in total. The summed E-state index contributed by atoms with van der Waals surface area (Å²) in [6, 6.07) is 0. The molecule has 0 aliphatic carbocycles. The van der Waals surface area contributed by atoms with Gasteiger partial charge in [-0.05, 0) is 0 Å². The zero-order valence-electron chi connectivity index (χ0n) is 26.2. The Kier molecular flexibility index (Phi) is 28.2. The van der Waals surface area contributed by atoms with Gasteiger partial charge in [0, 0.05) is 5.33 Å². The molecule has 0 saturated carbocycles. The first kappa shape index (κ1) is 43.4. The number of esters is 1. The van der Waals surface area contributed by atoms with Gasteiger partial charge in [-0.25, -0.2) is 13.2 Å². The third-order valence-corrected chi connectivity index (χ3v) is 5.73. The van der Waals surface area contributed by atoms with E-state index in [4.69, 9.17) is 47.4 Å². The number of hydrogen-bond acceptors (Lipinski definition) is 12. The normalized spacial score (nSPS) is 11.4. The maximum atomic E-state index is 13.5. The number of alkyl halides is 1. The van der Waals surface area contributed by atoms with Crippen LogP contribution in [0.25, 0.3) is 0 Å². The van der Waals surface area contributed by atoms with Crippen molar-refractivity contribution in [2.75, 3.05) is 137 Å². The topological polar surface area (TPSA) is 119 Å². The standard InChI is InChI=1S/C29H44BrF5O12/c30-2-4-38-6-8-40-10-12-42-14-16-44-18-20-46-22-21-45-19-17-43-15-13-41-11-9-39-7-5-37-3-1-23(36)47-29-27(34)25(32)24(31)26(33)28(29)35/h1-22H2. The minimum absolute atomic E-state index is 0.0828. The quantitative estimate of drug-likeness (QED) is 0.0199. The number of carbonyl (C=O) groups is 1. The Hall–Kier alpha value is -1.58. The number of rotatable bonds is 33. The molecule has 47 heavy (non-hydrogen) atoms. The maximum Gasteiger partial charge on any atom is 0.313 e. The van der Waals surface area contributed by atoms with Gasteiger partial charge in [-0.15, -0.1) is 0 Å². The fourth-order valence-electron chi connectivity index (χ4n) is 3.13. The number of ether oxygens (including phenoxy) is 11. The average molecular weight is 760 g/mol. The van der Waals surface area contributed by atoms with Crippen LogP contribution in [0.5, 0.6) is 5.75 Å². The molecule has 0 spiro atoms. The molecule has 0 bridgehead atoms. The maximum absolute atomic E-state index is 13.5. The zero-order valence-corrected chi connectivity index (χ0v) is 27.8. The first-order valence-electron chi connectivity index (χ1n) is 15.0. The van der Waals surface area contributed by atoms with Crippen LogP contribution in [-0.4, -0.2) is 143 Å². The minimum Gasteiger partial charge on any atom is -0.420 e. The first-order valence-corrected chi connectivity index (χ1v) is 16.1. The van der Waals surface area contributed by atoms with Gasteiger partial charge < -0.3 is 52.1 Å². The lowest BCUT2D eigenvalue weighted by Crippen LogP contribution is -2.16. The van der Waals surface area contributed by atoms with Gasteiger partial charge in [0.1, 0.15) is 0 Å². The number of halogens is 6. The molecule has 0 aromatic heterocycles. The summed E-state index contributed by atoms with van der Waals surface area (Å²) in [5.41, 5.74) is 0. The molecule has 1 aromatic rings. The second-order valence-corrected chi connectivity index (χ2v) is 9.73.